The van der Waals surface area contributed by atoms with Crippen molar-refractivity contribution in [1.82, 2.24) is 14.1 Å². The summed E-state index contributed by atoms with van der Waals surface area (Å²) in [5, 5.41) is 0. The van der Waals surface area contributed by atoms with Crippen molar-refractivity contribution in [2.24, 2.45) is 0 Å². The van der Waals surface area contributed by atoms with Crippen LogP contribution in [0.15, 0.2) is 17.0 Å². The Morgan fingerprint density at radius 2 is 1.56 bits per heavy atom. The quantitative estimate of drug-likeness (QED) is 0.586. The lowest BCUT2D eigenvalue weighted by molar-refractivity contribution is -0.138. The number of piperidine rings is 2. The van der Waals surface area contributed by atoms with Gasteiger partial charge < -0.3 is 14.5 Å². The second-order valence-corrected chi connectivity index (χ2v) is 12.2. The highest BCUT2D eigenvalue weighted by Gasteiger charge is 2.37. The van der Waals surface area contributed by atoms with Crippen LogP contribution in [0.4, 0.5) is 0 Å². The maximum Gasteiger partial charge on any atom is 0.248 e. The fourth-order valence-corrected chi connectivity index (χ4v) is 8.21. The zero-order chi connectivity index (χ0) is 24.3. The number of amides is 1. The molecule has 3 aliphatic heterocycles. The predicted molar refractivity (Wildman–Crippen MR) is 133 cm³/mol. The van der Waals surface area contributed by atoms with E-state index in [1.165, 1.54) is 32.4 Å². The fourth-order valence-electron chi connectivity index (χ4n) is 6.12. The zero-order valence-electron chi connectivity index (χ0n) is 21.1. The van der Waals surface area contributed by atoms with Gasteiger partial charge >= 0.3 is 0 Å². The van der Waals surface area contributed by atoms with Crippen LogP contribution < -0.4 is 0 Å². The number of carbonyl (C=O) groups is 1. The van der Waals surface area contributed by atoms with Crippen molar-refractivity contribution in [3.63, 3.8) is 0 Å². The van der Waals surface area contributed by atoms with Gasteiger partial charge in [-0.15, -0.1) is 0 Å². The van der Waals surface area contributed by atoms with Gasteiger partial charge in [-0.05, 0) is 83.5 Å². The van der Waals surface area contributed by atoms with Gasteiger partial charge in [-0.3, -0.25) is 4.79 Å². The molecule has 3 heterocycles. The first-order chi connectivity index (χ1) is 16.3. The van der Waals surface area contributed by atoms with Crippen molar-refractivity contribution < 1.29 is 17.9 Å². The highest BCUT2D eigenvalue weighted by atomic mass is 32.2. The van der Waals surface area contributed by atoms with E-state index in [1.54, 1.807) is 4.31 Å². The van der Waals surface area contributed by atoms with E-state index in [2.05, 4.69) is 4.90 Å². The third-order valence-electron chi connectivity index (χ3n) is 7.75. The second kappa shape index (κ2) is 11.1. The van der Waals surface area contributed by atoms with Crippen molar-refractivity contribution in [3.8, 4) is 0 Å². The van der Waals surface area contributed by atoms with Gasteiger partial charge in [-0.25, -0.2) is 8.42 Å². The van der Waals surface area contributed by atoms with Crippen LogP contribution in [-0.4, -0.2) is 86.5 Å². The molecule has 8 heteroatoms. The number of sulfonamides is 1. The van der Waals surface area contributed by atoms with E-state index in [9.17, 15) is 13.2 Å². The Labute approximate surface area is 205 Å². The minimum absolute atomic E-state index is 0.0229. The minimum Gasteiger partial charge on any atom is -0.370 e. The summed E-state index contributed by atoms with van der Waals surface area (Å²) in [6, 6.07) is 4.24. The number of ether oxygens (including phenoxy) is 1. The van der Waals surface area contributed by atoms with Gasteiger partial charge in [0.2, 0.25) is 15.9 Å². The molecule has 0 unspecified atom stereocenters. The molecule has 34 heavy (non-hydrogen) atoms. The molecular weight excluding hydrogens is 450 g/mol. The van der Waals surface area contributed by atoms with Gasteiger partial charge in [0.15, 0.2) is 0 Å². The summed E-state index contributed by atoms with van der Waals surface area (Å²) < 4.78 is 34.4. The molecule has 0 aromatic heterocycles. The monoisotopic (exact) mass is 491 g/mol. The van der Waals surface area contributed by atoms with Crippen molar-refractivity contribution in [2.45, 2.75) is 82.7 Å². The van der Waals surface area contributed by atoms with E-state index < -0.39 is 10.0 Å². The molecular formula is C26H41N3O4S. The molecule has 0 saturated carbocycles. The summed E-state index contributed by atoms with van der Waals surface area (Å²) in [7, 11) is -3.60. The van der Waals surface area contributed by atoms with Gasteiger partial charge in [-0.1, -0.05) is 24.1 Å². The number of nitrogens with zero attached hydrogens (tertiary/aromatic N) is 3. The Morgan fingerprint density at radius 1 is 0.912 bits per heavy atom. The summed E-state index contributed by atoms with van der Waals surface area (Å²) >= 11 is 0. The SMILES string of the molecule is Cc1cc(C)c(S(=O)(=O)N2CCC[C@H]2COCC(=O)N2CCC(N3CCCCC3)CC2)c(C)c1. The summed E-state index contributed by atoms with van der Waals surface area (Å²) in [5.74, 6) is 0.0229. The normalized spacial score (nSPS) is 23.5. The predicted octanol–water partition coefficient (Wildman–Crippen LogP) is 3.26. The molecule has 1 aromatic carbocycles. The van der Waals surface area contributed by atoms with E-state index in [4.69, 9.17) is 4.74 Å². The molecule has 3 fully saturated rings. The van der Waals surface area contributed by atoms with Crippen LogP contribution in [0, 0.1) is 20.8 Å². The second-order valence-electron chi connectivity index (χ2n) is 10.4. The van der Waals surface area contributed by atoms with Gasteiger partial charge in [0.25, 0.3) is 0 Å². The highest BCUT2D eigenvalue weighted by Crippen LogP contribution is 2.31. The Balaban J connectivity index is 1.28. The molecule has 1 amide bonds. The minimum atomic E-state index is -3.60. The van der Waals surface area contributed by atoms with Crippen LogP contribution in [0.3, 0.4) is 0 Å². The first-order valence-corrected chi connectivity index (χ1v) is 14.4. The number of hydrogen-bond donors (Lipinski definition) is 0. The molecule has 0 radical (unpaired) electrons. The van der Waals surface area contributed by atoms with Gasteiger partial charge in [0.1, 0.15) is 6.61 Å². The molecule has 1 aromatic rings. The lowest BCUT2D eigenvalue weighted by Gasteiger charge is -2.40. The van der Waals surface area contributed by atoms with Crippen LogP contribution >= 0.6 is 0 Å². The number of carbonyl (C=O) groups excluding carboxylic acids is 1. The molecule has 190 valence electrons. The van der Waals surface area contributed by atoms with Crippen LogP contribution in [0.5, 0.6) is 0 Å². The number of likely N-dealkylation sites (tertiary alicyclic amines) is 2. The highest BCUT2D eigenvalue weighted by molar-refractivity contribution is 7.89. The Kier molecular flexibility index (Phi) is 8.33. The fraction of sp³-hybridized carbons (Fsp3) is 0.731. The van der Waals surface area contributed by atoms with Crippen LogP contribution in [0.2, 0.25) is 0 Å². The summed E-state index contributed by atoms with van der Waals surface area (Å²) in [5.41, 5.74) is 2.63. The standard InChI is InChI=1S/C26H41N3O4S/c1-20-16-21(2)26(22(3)17-20)34(31,32)29-13-7-8-24(29)18-33-19-25(30)28-14-9-23(10-15-28)27-11-5-4-6-12-27/h16-17,23-24H,4-15,18-19H2,1-3H3/t24-/m0/s1. The Morgan fingerprint density at radius 3 is 2.21 bits per heavy atom. The lowest BCUT2D eigenvalue weighted by Crippen LogP contribution is -2.49. The largest absolute Gasteiger partial charge is 0.370 e. The van der Waals surface area contributed by atoms with E-state index >= 15 is 0 Å². The van der Waals surface area contributed by atoms with Crippen LogP contribution in [-0.2, 0) is 19.6 Å². The number of hydrogen-bond acceptors (Lipinski definition) is 5. The summed E-state index contributed by atoms with van der Waals surface area (Å²) in [6.07, 6.45) is 7.59. The molecule has 3 saturated heterocycles. The maximum absolute atomic E-state index is 13.5. The summed E-state index contributed by atoms with van der Waals surface area (Å²) in [6.45, 7) is 10.5. The van der Waals surface area contributed by atoms with E-state index in [-0.39, 0.29) is 25.2 Å². The Bertz CT molecular complexity index is 943. The number of aryl methyl sites for hydroxylation is 3. The van der Waals surface area contributed by atoms with E-state index in [1.807, 2.05) is 37.8 Å². The average molecular weight is 492 g/mol. The van der Waals surface area contributed by atoms with Crippen LogP contribution in [0.1, 0.15) is 61.6 Å². The van der Waals surface area contributed by atoms with Crippen molar-refractivity contribution in [3.05, 3.63) is 28.8 Å². The Hall–Kier alpha value is -1.48. The molecule has 0 bridgehead atoms. The molecule has 3 aliphatic rings. The molecule has 4 rings (SSSR count). The van der Waals surface area contributed by atoms with Gasteiger partial charge in [0, 0.05) is 31.7 Å². The van der Waals surface area contributed by atoms with E-state index in [0.717, 1.165) is 55.5 Å². The average Bonchev–Trinajstić information content (AvgIpc) is 3.28. The third-order valence-corrected chi connectivity index (χ3v) is 10.0. The van der Waals surface area contributed by atoms with Crippen LogP contribution in [0.25, 0.3) is 0 Å². The van der Waals surface area contributed by atoms with Crippen molar-refractivity contribution in [1.29, 1.82) is 0 Å². The summed E-state index contributed by atoms with van der Waals surface area (Å²) in [4.78, 5) is 17.7. The lowest BCUT2D eigenvalue weighted by atomic mass is 10.00. The topological polar surface area (TPSA) is 70.2 Å². The molecule has 0 N–H and O–H groups in total. The maximum atomic E-state index is 13.5. The van der Waals surface area contributed by atoms with Gasteiger partial charge in [-0.2, -0.15) is 4.31 Å². The van der Waals surface area contributed by atoms with Crippen molar-refractivity contribution in [2.75, 3.05) is 45.9 Å². The molecule has 0 spiro atoms. The molecule has 0 aliphatic carbocycles. The number of benzene rings is 1. The van der Waals surface area contributed by atoms with E-state index in [0.29, 0.717) is 17.5 Å². The number of rotatable bonds is 7. The van der Waals surface area contributed by atoms with Gasteiger partial charge in [0.05, 0.1) is 11.5 Å². The first kappa shape index (κ1) is 25.6. The smallest absolute Gasteiger partial charge is 0.248 e. The molecule has 1 atom stereocenters. The third kappa shape index (κ3) is 5.66. The first-order valence-electron chi connectivity index (χ1n) is 13.0. The molecule has 7 nitrogen and oxygen atoms in total. The van der Waals surface area contributed by atoms with Crippen molar-refractivity contribution >= 4 is 15.9 Å². The zero-order valence-corrected chi connectivity index (χ0v) is 21.9.